The summed E-state index contributed by atoms with van der Waals surface area (Å²) in [5.41, 5.74) is 1.37. The van der Waals surface area contributed by atoms with Crippen molar-refractivity contribution < 1.29 is 18.1 Å². The minimum absolute atomic E-state index is 0.0309. The van der Waals surface area contributed by atoms with E-state index in [9.17, 15) is 23.3 Å². The summed E-state index contributed by atoms with van der Waals surface area (Å²) in [4.78, 5) is 27.1. The number of carbonyl (C=O) groups is 1. The van der Waals surface area contributed by atoms with Gasteiger partial charge in [0, 0.05) is 55.6 Å². The fraction of sp³-hybridized carbons (Fsp3) is 0.350. The average Bonchev–Trinajstić information content (AvgIpc) is 3.57. The number of piperazine rings is 1. The molecule has 0 spiro atoms. The van der Waals surface area contributed by atoms with Crippen LogP contribution in [0, 0.1) is 10.1 Å². The smallest absolute Gasteiger partial charge is 0.269 e. The lowest BCUT2D eigenvalue weighted by Gasteiger charge is -2.36. The Morgan fingerprint density at radius 1 is 0.967 bits per heavy atom. The molecule has 1 N–H and O–H groups in total. The SMILES string of the molecule is O=C(c1ccc(S(=O)(=O)NC2CC2)cc1)N1CCN(c2ccc([N+](=O)[O-])cc2)CC1. The average molecular weight is 430 g/mol. The number of amides is 1. The molecular weight excluding hydrogens is 408 g/mol. The quantitative estimate of drug-likeness (QED) is 0.554. The fourth-order valence-corrected chi connectivity index (χ4v) is 4.71. The molecule has 0 radical (unpaired) electrons. The van der Waals surface area contributed by atoms with Crippen LogP contribution in [0.2, 0.25) is 0 Å². The summed E-state index contributed by atoms with van der Waals surface area (Å²) < 4.78 is 27.1. The molecule has 2 fully saturated rings. The summed E-state index contributed by atoms with van der Waals surface area (Å²) in [6, 6.07) is 12.4. The molecule has 0 unspecified atom stereocenters. The van der Waals surface area contributed by atoms with Gasteiger partial charge < -0.3 is 9.80 Å². The topological polar surface area (TPSA) is 113 Å². The van der Waals surface area contributed by atoms with E-state index < -0.39 is 14.9 Å². The highest BCUT2D eigenvalue weighted by atomic mass is 32.2. The van der Waals surface area contributed by atoms with E-state index in [1.807, 2.05) is 0 Å². The second kappa shape index (κ2) is 8.04. The lowest BCUT2D eigenvalue weighted by molar-refractivity contribution is -0.384. The number of nitrogens with one attached hydrogen (secondary N) is 1. The number of anilines is 1. The minimum atomic E-state index is -3.53. The fourth-order valence-electron chi connectivity index (χ4n) is 3.40. The van der Waals surface area contributed by atoms with Gasteiger partial charge in [-0.05, 0) is 49.2 Å². The van der Waals surface area contributed by atoms with Crippen LogP contribution in [0.4, 0.5) is 11.4 Å². The maximum absolute atomic E-state index is 12.8. The van der Waals surface area contributed by atoms with E-state index in [1.54, 1.807) is 29.2 Å². The van der Waals surface area contributed by atoms with E-state index in [2.05, 4.69) is 9.62 Å². The van der Waals surface area contributed by atoms with Gasteiger partial charge in [-0.2, -0.15) is 0 Å². The molecular formula is C20H22N4O5S. The van der Waals surface area contributed by atoms with E-state index >= 15 is 0 Å². The van der Waals surface area contributed by atoms with Gasteiger partial charge in [0.1, 0.15) is 0 Å². The summed E-state index contributed by atoms with van der Waals surface area (Å²) in [7, 11) is -3.53. The van der Waals surface area contributed by atoms with Crippen LogP contribution in [0.15, 0.2) is 53.4 Å². The maximum atomic E-state index is 12.8. The molecule has 2 aromatic rings. The summed E-state index contributed by atoms with van der Waals surface area (Å²) in [6.45, 7) is 2.25. The van der Waals surface area contributed by atoms with Crippen molar-refractivity contribution in [2.45, 2.75) is 23.8 Å². The summed E-state index contributed by atoms with van der Waals surface area (Å²) in [5, 5.41) is 10.8. The van der Waals surface area contributed by atoms with Crippen LogP contribution in [-0.2, 0) is 10.0 Å². The van der Waals surface area contributed by atoms with Gasteiger partial charge in [-0.15, -0.1) is 0 Å². The number of rotatable bonds is 6. The number of hydrogen-bond acceptors (Lipinski definition) is 6. The van der Waals surface area contributed by atoms with Gasteiger partial charge in [0.05, 0.1) is 9.82 Å². The van der Waals surface area contributed by atoms with Crippen molar-refractivity contribution in [2.24, 2.45) is 0 Å². The number of hydrogen-bond donors (Lipinski definition) is 1. The molecule has 1 amide bonds. The largest absolute Gasteiger partial charge is 0.368 e. The molecule has 1 aliphatic carbocycles. The van der Waals surface area contributed by atoms with Crippen LogP contribution in [0.5, 0.6) is 0 Å². The van der Waals surface area contributed by atoms with Crippen molar-refractivity contribution in [3.63, 3.8) is 0 Å². The van der Waals surface area contributed by atoms with Crippen molar-refractivity contribution in [3.05, 3.63) is 64.2 Å². The molecule has 0 atom stereocenters. The van der Waals surface area contributed by atoms with Crippen LogP contribution in [0.25, 0.3) is 0 Å². The van der Waals surface area contributed by atoms with Crippen molar-refractivity contribution >= 4 is 27.3 Å². The highest BCUT2D eigenvalue weighted by Crippen LogP contribution is 2.23. The predicted octanol–water partition coefficient (Wildman–Crippen LogP) is 2.00. The van der Waals surface area contributed by atoms with E-state index in [1.165, 1.54) is 24.3 Å². The number of nitro groups is 1. The molecule has 1 heterocycles. The summed E-state index contributed by atoms with van der Waals surface area (Å²) in [5.74, 6) is -0.141. The third kappa shape index (κ3) is 4.44. The number of nitrogens with zero attached hydrogens (tertiary/aromatic N) is 3. The highest BCUT2D eigenvalue weighted by Gasteiger charge is 2.28. The van der Waals surface area contributed by atoms with Gasteiger partial charge in [0.2, 0.25) is 10.0 Å². The first-order valence-corrected chi connectivity index (χ1v) is 11.2. The van der Waals surface area contributed by atoms with Crippen molar-refractivity contribution in [1.29, 1.82) is 0 Å². The number of non-ortho nitro benzene ring substituents is 1. The molecule has 0 aromatic heterocycles. The third-order valence-electron chi connectivity index (χ3n) is 5.30. The summed E-state index contributed by atoms with van der Waals surface area (Å²) in [6.07, 6.45) is 1.73. The molecule has 1 aliphatic heterocycles. The van der Waals surface area contributed by atoms with Crippen molar-refractivity contribution in [2.75, 3.05) is 31.1 Å². The Morgan fingerprint density at radius 2 is 1.57 bits per heavy atom. The first-order chi connectivity index (χ1) is 14.3. The lowest BCUT2D eigenvalue weighted by Crippen LogP contribution is -2.48. The first kappa shape index (κ1) is 20.3. The van der Waals surface area contributed by atoms with Gasteiger partial charge in [0.15, 0.2) is 0 Å². The predicted molar refractivity (Wildman–Crippen MR) is 111 cm³/mol. The van der Waals surface area contributed by atoms with E-state index in [0.29, 0.717) is 31.7 Å². The molecule has 1 saturated carbocycles. The highest BCUT2D eigenvalue weighted by molar-refractivity contribution is 7.89. The van der Waals surface area contributed by atoms with Gasteiger partial charge in [-0.3, -0.25) is 14.9 Å². The molecule has 9 nitrogen and oxygen atoms in total. The Balaban J connectivity index is 1.36. The van der Waals surface area contributed by atoms with Gasteiger partial charge in [-0.25, -0.2) is 13.1 Å². The first-order valence-electron chi connectivity index (χ1n) is 9.74. The Kier molecular flexibility index (Phi) is 5.44. The van der Waals surface area contributed by atoms with Gasteiger partial charge in [-0.1, -0.05) is 0 Å². The number of carbonyl (C=O) groups excluding carboxylic acids is 1. The van der Waals surface area contributed by atoms with Crippen LogP contribution < -0.4 is 9.62 Å². The van der Waals surface area contributed by atoms with Crippen LogP contribution in [0.3, 0.4) is 0 Å². The van der Waals surface area contributed by atoms with E-state index in [4.69, 9.17) is 0 Å². The van der Waals surface area contributed by atoms with Crippen molar-refractivity contribution in [1.82, 2.24) is 9.62 Å². The maximum Gasteiger partial charge on any atom is 0.269 e. The van der Waals surface area contributed by atoms with Crippen LogP contribution in [0.1, 0.15) is 23.2 Å². The molecule has 158 valence electrons. The Hall–Kier alpha value is -2.98. The standard InChI is InChI=1S/C20H22N4O5S/c25-20(15-1-9-19(10-2-15)30(28,29)21-16-3-4-16)23-13-11-22(12-14-23)17-5-7-18(8-6-17)24(26)27/h1-2,5-10,16,21H,3-4,11-14H2. The normalized spacial score (nSPS) is 17.1. The Morgan fingerprint density at radius 3 is 2.10 bits per heavy atom. The molecule has 4 rings (SSSR count). The number of benzene rings is 2. The van der Waals surface area contributed by atoms with Gasteiger partial charge in [0.25, 0.3) is 11.6 Å². The third-order valence-corrected chi connectivity index (χ3v) is 6.84. The molecule has 30 heavy (non-hydrogen) atoms. The number of sulfonamides is 1. The monoisotopic (exact) mass is 430 g/mol. The van der Waals surface area contributed by atoms with Crippen molar-refractivity contribution in [3.8, 4) is 0 Å². The van der Waals surface area contributed by atoms with E-state index in [-0.39, 0.29) is 22.5 Å². The second-order valence-corrected chi connectivity index (χ2v) is 9.19. The molecule has 10 heteroatoms. The molecule has 0 bridgehead atoms. The summed E-state index contributed by atoms with van der Waals surface area (Å²) >= 11 is 0. The molecule has 1 saturated heterocycles. The van der Waals surface area contributed by atoms with Gasteiger partial charge >= 0.3 is 0 Å². The Labute approximate surface area is 174 Å². The zero-order valence-electron chi connectivity index (χ0n) is 16.2. The second-order valence-electron chi connectivity index (χ2n) is 7.47. The zero-order valence-corrected chi connectivity index (χ0v) is 17.0. The minimum Gasteiger partial charge on any atom is -0.368 e. The molecule has 2 aromatic carbocycles. The van der Waals surface area contributed by atoms with Crippen LogP contribution >= 0.6 is 0 Å². The van der Waals surface area contributed by atoms with Crippen LogP contribution in [-0.4, -0.2) is 56.4 Å². The zero-order chi connectivity index (χ0) is 21.3. The Bertz CT molecular complexity index is 1040. The molecule has 2 aliphatic rings. The van der Waals surface area contributed by atoms with E-state index in [0.717, 1.165) is 18.5 Å². The lowest BCUT2D eigenvalue weighted by atomic mass is 10.1. The number of nitro benzene ring substituents is 1.